The highest BCUT2D eigenvalue weighted by Gasteiger charge is 2.33. The van der Waals surface area contributed by atoms with Gasteiger partial charge in [0.15, 0.2) is 5.69 Å². The third-order valence-electron chi connectivity index (χ3n) is 2.63. The molecular weight excluding hydrogens is 241 g/mol. The van der Waals surface area contributed by atoms with Crippen LogP contribution in [-0.2, 0) is 19.1 Å². The molecule has 1 aromatic carbocycles. The monoisotopic (exact) mass is 254 g/mol. The van der Waals surface area contributed by atoms with Gasteiger partial charge in [-0.05, 0) is 24.5 Å². The van der Waals surface area contributed by atoms with Gasteiger partial charge in [0.25, 0.3) is 0 Å². The number of halogens is 3. The van der Waals surface area contributed by atoms with Gasteiger partial charge in [0, 0.05) is 12.7 Å². The van der Waals surface area contributed by atoms with E-state index in [0.717, 1.165) is 18.9 Å². The minimum atomic E-state index is -4.36. The second-order valence-electron chi connectivity index (χ2n) is 4.05. The molecule has 1 heterocycles. The first-order valence-electron chi connectivity index (χ1n) is 5.70. The molecule has 18 heavy (non-hydrogen) atoms. The van der Waals surface area contributed by atoms with Crippen LogP contribution in [0.5, 0.6) is 0 Å². The van der Waals surface area contributed by atoms with Crippen molar-refractivity contribution in [2.75, 3.05) is 0 Å². The molecule has 0 bridgehead atoms. The van der Waals surface area contributed by atoms with Crippen molar-refractivity contribution >= 4 is 0 Å². The molecule has 1 aromatic heterocycles. The van der Waals surface area contributed by atoms with E-state index in [1.165, 1.54) is 16.4 Å². The number of benzene rings is 1. The van der Waals surface area contributed by atoms with Crippen LogP contribution in [0.4, 0.5) is 13.2 Å². The van der Waals surface area contributed by atoms with E-state index in [0.29, 0.717) is 6.54 Å². The fourth-order valence-electron chi connectivity index (χ4n) is 1.73. The van der Waals surface area contributed by atoms with Gasteiger partial charge in [0.1, 0.15) is 0 Å². The Bertz CT molecular complexity index is 488. The SMILES string of the molecule is FC(F)(F)c1ccn(CCCc2ccccc2)n1. The number of hydrogen-bond donors (Lipinski definition) is 0. The van der Waals surface area contributed by atoms with Crippen molar-refractivity contribution in [1.82, 2.24) is 9.78 Å². The molecule has 2 nitrogen and oxygen atoms in total. The lowest BCUT2D eigenvalue weighted by atomic mass is 10.1. The van der Waals surface area contributed by atoms with Crippen LogP contribution in [0.3, 0.4) is 0 Å². The van der Waals surface area contributed by atoms with Crippen molar-refractivity contribution in [3.05, 3.63) is 53.9 Å². The van der Waals surface area contributed by atoms with Gasteiger partial charge in [-0.1, -0.05) is 30.3 Å². The van der Waals surface area contributed by atoms with E-state index < -0.39 is 11.9 Å². The molecule has 0 fully saturated rings. The van der Waals surface area contributed by atoms with Gasteiger partial charge in [0.05, 0.1) is 0 Å². The molecule has 0 aliphatic heterocycles. The van der Waals surface area contributed by atoms with Gasteiger partial charge in [-0.15, -0.1) is 0 Å². The molecule has 0 unspecified atom stereocenters. The Kier molecular flexibility index (Phi) is 3.69. The smallest absolute Gasteiger partial charge is 0.272 e. The summed E-state index contributed by atoms with van der Waals surface area (Å²) in [6.07, 6.45) is -1.39. The summed E-state index contributed by atoms with van der Waals surface area (Å²) >= 11 is 0. The predicted octanol–water partition coefficient (Wildman–Crippen LogP) is 3.53. The third-order valence-corrected chi connectivity index (χ3v) is 2.63. The second kappa shape index (κ2) is 5.25. The molecule has 5 heteroatoms. The summed E-state index contributed by atoms with van der Waals surface area (Å²) in [6.45, 7) is 0.491. The number of rotatable bonds is 4. The highest BCUT2D eigenvalue weighted by atomic mass is 19.4. The molecule has 0 amide bonds. The van der Waals surface area contributed by atoms with E-state index in [1.807, 2.05) is 30.3 Å². The van der Waals surface area contributed by atoms with Gasteiger partial charge in [-0.2, -0.15) is 18.3 Å². The van der Waals surface area contributed by atoms with Crippen molar-refractivity contribution in [3.8, 4) is 0 Å². The highest BCUT2D eigenvalue weighted by Crippen LogP contribution is 2.27. The predicted molar refractivity (Wildman–Crippen MR) is 62.0 cm³/mol. The lowest BCUT2D eigenvalue weighted by Crippen LogP contribution is -2.08. The number of hydrogen-bond acceptors (Lipinski definition) is 1. The lowest BCUT2D eigenvalue weighted by molar-refractivity contribution is -0.141. The van der Waals surface area contributed by atoms with Crippen molar-refractivity contribution in [3.63, 3.8) is 0 Å². The topological polar surface area (TPSA) is 17.8 Å². The summed E-state index contributed by atoms with van der Waals surface area (Å²) in [6, 6.07) is 10.8. The number of aryl methyl sites for hydroxylation is 2. The van der Waals surface area contributed by atoms with Crippen LogP contribution >= 0.6 is 0 Å². The molecule has 0 aliphatic carbocycles. The molecular formula is C13H13F3N2. The first-order chi connectivity index (χ1) is 8.55. The summed E-state index contributed by atoms with van der Waals surface area (Å²) < 4.78 is 38.3. The Morgan fingerprint density at radius 1 is 1.06 bits per heavy atom. The Morgan fingerprint density at radius 2 is 1.78 bits per heavy atom. The molecule has 0 atom stereocenters. The summed E-state index contributed by atoms with van der Waals surface area (Å²) in [5.74, 6) is 0. The van der Waals surface area contributed by atoms with Crippen LogP contribution in [0.25, 0.3) is 0 Å². The third kappa shape index (κ3) is 3.35. The van der Waals surface area contributed by atoms with E-state index in [4.69, 9.17) is 0 Å². The normalized spacial score (nSPS) is 11.7. The lowest BCUT2D eigenvalue weighted by Gasteiger charge is -2.03. The van der Waals surface area contributed by atoms with Gasteiger partial charge >= 0.3 is 6.18 Å². The van der Waals surface area contributed by atoms with Gasteiger partial charge in [-0.3, -0.25) is 4.68 Å². The summed E-state index contributed by atoms with van der Waals surface area (Å²) in [4.78, 5) is 0. The molecule has 0 spiro atoms. The fraction of sp³-hybridized carbons (Fsp3) is 0.308. The van der Waals surface area contributed by atoms with Gasteiger partial charge in [0.2, 0.25) is 0 Å². The average Bonchev–Trinajstić information content (AvgIpc) is 2.79. The largest absolute Gasteiger partial charge is 0.435 e. The molecule has 2 rings (SSSR count). The maximum absolute atomic E-state index is 12.3. The summed E-state index contributed by atoms with van der Waals surface area (Å²) in [5, 5.41) is 3.50. The maximum atomic E-state index is 12.3. The van der Waals surface area contributed by atoms with Crippen molar-refractivity contribution in [2.45, 2.75) is 25.6 Å². The zero-order valence-corrected chi connectivity index (χ0v) is 9.69. The molecule has 2 aromatic rings. The van der Waals surface area contributed by atoms with Crippen molar-refractivity contribution in [2.24, 2.45) is 0 Å². The molecule has 0 saturated heterocycles. The van der Waals surface area contributed by atoms with Gasteiger partial charge < -0.3 is 0 Å². The molecule has 96 valence electrons. The maximum Gasteiger partial charge on any atom is 0.435 e. The summed E-state index contributed by atoms with van der Waals surface area (Å²) in [5.41, 5.74) is 0.350. The molecule has 0 N–H and O–H groups in total. The first kappa shape index (κ1) is 12.7. The van der Waals surface area contributed by atoms with Crippen molar-refractivity contribution in [1.29, 1.82) is 0 Å². The van der Waals surface area contributed by atoms with Crippen LogP contribution in [0.1, 0.15) is 17.7 Å². The minimum absolute atomic E-state index is 0.491. The van der Waals surface area contributed by atoms with E-state index >= 15 is 0 Å². The fourth-order valence-corrected chi connectivity index (χ4v) is 1.73. The standard InChI is InChI=1S/C13H13F3N2/c14-13(15,16)12-8-10-18(17-12)9-4-7-11-5-2-1-3-6-11/h1-3,5-6,8,10H,4,7,9H2. The second-order valence-corrected chi connectivity index (χ2v) is 4.05. The van der Waals surface area contributed by atoms with Crippen LogP contribution in [0.15, 0.2) is 42.6 Å². The molecule has 0 aliphatic rings. The number of nitrogens with zero attached hydrogens (tertiary/aromatic N) is 2. The van der Waals surface area contributed by atoms with Crippen LogP contribution in [0.2, 0.25) is 0 Å². The minimum Gasteiger partial charge on any atom is -0.272 e. The van der Waals surface area contributed by atoms with Crippen molar-refractivity contribution < 1.29 is 13.2 Å². The number of alkyl halides is 3. The number of aromatic nitrogens is 2. The Morgan fingerprint density at radius 3 is 2.39 bits per heavy atom. The Hall–Kier alpha value is -1.78. The highest BCUT2D eigenvalue weighted by molar-refractivity contribution is 5.14. The summed E-state index contributed by atoms with van der Waals surface area (Å²) in [7, 11) is 0. The van der Waals surface area contributed by atoms with E-state index in [9.17, 15) is 13.2 Å². The average molecular weight is 254 g/mol. The van der Waals surface area contributed by atoms with Gasteiger partial charge in [-0.25, -0.2) is 0 Å². The molecule has 0 radical (unpaired) electrons. The molecule has 0 saturated carbocycles. The quantitative estimate of drug-likeness (QED) is 0.816. The zero-order chi connectivity index (χ0) is 13.0. The Labute approximate surface area is 103 Å². The van der Waals surface area contributed by atoms with E-state index in [2.05, 4.69) is 5.10 Å². The van der Waals surface area contributed by atoms with Crippen LogP contribution in [-0.4, -0.2) is 9.78 Å². The van der Waals surface area contributed by atoms with Crippen LogP contribution in [0, 0.1) is 0 Å². The van der Waals surface area contributed by atoms with E-state index in [-0.39, 0.29) is 0 Å². The van der Waals surface area contributed by atoms with E-state index in [1.54, 1.807) is 0 Å². The van der Waals surface area contributed by atoms with Crippen LogP contribution < -0.4 is 0 Å². The Balaban J connectivity index is 1.86. The zero-order valence-electron chi connectivity index (χ0n) is 9.69. The first-order valence-corrected chi connectivity index (χ1v) is 5.70.